The minimum absolute atomic E-state index is 0.916. The summed E-state index contributed by atoms with van der Waals surface area (Å²) in [4.78, 5) is 0. The lowest BCUT2D eigenvalue weighted by Gasteiger charge is -2.58. The Kier molecular flexibility index (Phi) is 4.48. The fourth-order valence-corrected chi connectivity index (χ4v) is 6.90. The maximum Gasteiger partial charge on any atom is -0.0329 e. The third kappa shape index (κ3) is 2.46. The molecule has 3 saturated carbocycles. The van der Waals surface area contributed by atoms with Crippen molar-refractivity contribution < 1.29 is 0 Å². The lowest BCUT2D eigenvalue weighted by atomic mass is 9.47. The highest BCUT2D eigenvalue weighted by Crippen LogP contribution is 2.59. The highest BCUT2D eigenvalue weighted by atomic mass is 14.6. The zero-order valence-electron chi connectivity index (χ0n) is 14.3. The first kappa shape index (κ1) is 14.9. The fraction of sp³-hybridized carbons (Fsp3) is 1.00. The summed E-state index contributed by atoms with van der Waals surface area (Å²) >= 11 is 0. The molecule has 20 heavy (non-hydrogen) atoms. The second-order valence-corrected chi connectivity index (χ2v) is 8.87. The second-order valence-electron chi connectivity index (χ2n) is 8.87. The van der Waals surface area contributed by atoms with Crippen LogP contribution in [-0.2, 0) is 0 Å². The smallest absolute Gasteiger partial charge is 0.0329 e. The van der Waals surface area contributed by atoms with Gasteiger partial charge in [0.05, 0.1) is 0 Å². The average Bonchev–Trinajstić information content (AvgIpc) is 2.43. The van der Waals surface area contributed by atoms with E-state index in [1.165, 1.54) is 25.7 Å². The number of hydrogen-bond acceptors (Lipinski definition) is 0. The molecular weight excluding hydrogens is 240 g/mol. The Bertz CT molecular complexity index is 260. The Balaban J connectivity index is 1.93. The molecule has 0 aromatic rings. The molecule has 0 aliphatic heterocycles. The predicted octanol–water partition coefficient (Wildman–Crippen LogP) is 6.16. The molecule has 3 aliphatic carbocycles. The van der Waals surface area contributed by atoms with E-state index in [4.69, 9.17) is 0 Å². The van der Waals surface area contributed by atoms with Gasteiger partial charge in [-0.2, -0.15) is 0 Å². The summed E-state index contributed by atoms with van der Waals surface area (Å²) in [5.41, 5.74) is 0. The van der Waals surface area contributed by atoms with Crippen LogP contribution in [0.1, 0.15) is 79.1 Å². The molecule has 4 unspecified atom stereocenters. The Labute approximate surface area is 127 Å². The van der Waals surface area contributed by atoms with Crippen LogP contribution in [0.25, 0.3) is 0 Å². The van der Waals surface area contributed by atoms with Crippen molar-refractivity contribution in [2.45, 2.75) is 79.1 Å². The summed E-state index contributed by atoms with van der Waals surface area (Å²) < 4.78 is 0. The Morgan fingerprint density at radius 2 is 0.750 bits per heavy atom. The number of rotatable bonds is 2. The van der Waals surface area contributed by atoms with Crippen LogP contribution in [0.5, 0.6) is 0 Å². The van der Waals surface area contributed by atoms with Crippen LogP contribution in [0.4, 0.5) is 0 Å². The molecule has 0 saturated heterocycles. The molecule has 3 aliphatic rings. The summed E-state index contributed by atoms with van der Waals surface area (Å²) in [5.74, 6) is 8.26. The van der Waals surface area contributed by atoms with E-state index in [1.807, 2.05) is 0 Å². The molecule has 0 aromatic heterocycles. The number of hydrogen-bond donors (Lipinski definition) is 0. The Morgan fingerprint density at radius 1 is 0.500 bits per heavy atom. The van der Waals surface area contributed by atoms with Gasteiger partial charge < -0.3 is 0 Å². The van der Waals surface area contributed by atoms with Crippen LogP contribution in [0.15, 0.2) is 0 Å². The van der Waals surface area contributed by atoms with E-state index >= 15 is 0 Å². The summed E-state index contributed by atoms with van der Waals surface area (Å²) in [6.07, 6.45) is 12.3. The molecule has 0 N–H and O–H groups in total. The highest BCUT2D eigenvalue weighted by molar-refractivity contribution is 5.00. The molecule has 0 amide bonds. The topological polar surface area (TPSA) is 0 Å². The molecule has 3 rings (SSSR count). The van der Waals surface area contributed by atoms with Gasteiger partial charge in [-0.3, -0.25) is 0 Å². The molecule has 3 fully saturated rings. The molecule has 4 atom stereocenters. The minimum atomic E-state index is 0.916. The van der Waals surface area contributed by atoms with Crippen molar-refractivity contribution in [2.24, 2.45) is 47.3 Å². The van der Waals surface area contributed by atoms with E-state index in [2.05, 4.69) is 27.7 Å². The van der Waals surface area contributed by atoms with E-state index in [9.17, 15) is 0 Å². The first-order chi connectivity index (χ1) is 9.61. The van der Waals surface area contributed by atoms with E-state index < -0.39 is 0 Å². The monoisotopic (exact) mass is 276 g/mol. The van der Waals surface area contributed by atoms with Gasteiger partial charge in [-0.25, -0.2) is 0 Å². The minimum Gasteiger partial charge on any atom is -0.0625 e. The highest BCUT2D eigenvalue weighted by Gasteiger charge is 2.52. The SMILES string of the molecule is CC(C)C1C2CCCCC2C(C(C)C)C2CCCCC21. The second kappa shape index (κ2) is 6.01. The zero-order valence-corrected chi connectivity index (χ0v) is 14.3. The quantitative estimate of drug-likeness (QED) is 0.567. The number of fused-ring (bicyclic) bond motifs is 2. The van der Waals surface area contributed by atoms with E-state index in [1.54, 1.807) is 25.7 Å². The van der Waals surface area contributed by atoms with Crippen LogP contribution in [0.2, 0.25) is 0 Å². The van der Waals surface area contributed by atoms with Gasteiger partial charge >= 0.3 is 0 Å². The van der Waals surface area contributed by atoms with Crippen LogP contribution in [-0.4, -0.2) is 0 Å². The van der Waals surface area contributed by atoms with Gasteiger partial charge in [0.2, 0.25) is 0 Å². The molecule has 0 heterocycles. The van der Waals surface area contributed by atoms with Crippen molar-refractivity contribution in [3.63, 3.8) is 0 Å². The molecule has 0 spiro atoms. The van der Waals surface area contributed by atoms with Gasteiger partial charge in [-0.05, 0) is 73.0 Å². The average molecular weight is 277 g/mol. The van der Waals surface area contributed by atoms with Crippen LogP contribution in [0, 0.1) is 47.3 Å². The van der Waals surface area contributed by atoms with Crippen molar-refractivity contribution in [1.29, 1.82) is 0 Å². The molecule has 0 aromatic carbocycles. The van der Waals surface area contributed by atoms with E-state index in [0.717, 1.165) is 47.3 Å². The molecule has 116 valence electrons. The first-order valence-electron chi connectivity index (χ1n) is 9.61. The summed E-state index contributed by atoms with van der Waals surface area (Å²) in [6, 6.07) is 0. The van der Waals surface area contributed by atoms with Gasteiger partial charge in [0.1, 0.15) is 0 Å². The van der Waals surface area contributed by atoms with Crippen LogP contribution >= 0.6 is 0 Å². The maximum atomic E-state index is 2.53. The van der Waals surface area contributed by atoms with Crippen molar-refractivity contribution in [2.75, 3.05) is 0 Å². The molecule has 0 heteroatoms. The van der Waals surface area contributed by atoms with Crippen LogP contribution in [0.3, 0.4) is 0 Å². The largest absolute Gasteiger partial charge is 0.0625 e. The van der Waals surface area contributed by atoms with Gasteiger partial charge in [-0.1, -0.05) is 53.4 Å². The lowest BCUT2D eigenvalue weighted by Crippen LogP contribution is -2.51. The molecule has 0 bridgehead atoms. The summed E-state index contributed by atoms with van der Waals surface area (Å²) in [6.45, 7) is 10.1. The molecule has 0 nitrogen and oxygen atoms in total. The van der Waals surface area contributed by atoms with Gasteiger partial charge in [0, 0.05) is 0 Å². The molecule has 0 radical (unpaired) electrons. The normalized spacial score (nSPS) is 45.3. The fourth-order valence-electron chi connectivity index (χ4n) is 6.90. The standard InChI is InChI=1S/C20H36/c1-13(2)19-15-9-5-7-11-17(15)20(14(3)4)18-12-8-6-10-16(18)19/h13-20H,5-12H2,1-4H3. The maximum absolute atomic E-state index is 2.53. The Hall–Kier alpha value is 0. The van der Waals surface area contributed by atoms with E-state index in [0.29, 0.717) is 0 Å². The first-order valence-corrected chi connectivity index (χ1v) is 9.61. The van der Waals surface area contributed by atoms with E-state index in [-0.39, 0.29) is 0 Å². The van der Waals surface area contributed by atoms with Crippen molar-refractivity contribution in [3.05, 3.63) is 0 Å². The van der Waals surface area contributed by atoms with Gasteiger partial charge in [-0.15, -0.1) is 0 Å². The van der Waals surface area contributed by atoms with Crippen LogP contribution < -0.4 is 0 Å². The van der Waals surface area contributed by atoms with Gasteiger partial charge in [0.15, 0.2) is 0 Å². The third-order valence-electron chi connectivity index (χ3n) is 7.27. The summed E-state index contributed by atoms with van der Waals surface area (Å²) in [5, 5.41) is 0. The predicted molar refractivity (Wildman–Crippen MR) is 87.6 cm³/mol. The zero-order chi connectivity index (χ0) is 14.3. The van der Waals surface area contributed by atoms with Crippen molar-refractivity contribution in [1.82, 2.24) is 0 Å². The third-order valence-corrected chi connectivity index (χ3v) is 7.27. The summed E-state index contributed by atoms with van der Waals surface area (Å²) in [7, 11) is 0. The Morgan fingerprint density at radius 3 is 0.950 bits per heavy atom. The van der Waals surface area contributed by atoms with Crippen molar-refractivity contribution in [3.8, 4) is 0 Å². The van der Waals surface area contributed by atoms with Crippen molar-refractivity contribution >= 4 is 0 Å². The lowest BCUT2D eigenvalue weighted by molar-refractivity contribution is -0.0934. The molecular formula is C20H36. The van der Waals surface area contributed by atoms with Gasteiger partial charge in [0.25, 0.3) is 0 Å².